The SMILES string of the molecule is CCCCCS(=O)(=O)O[Se](=O)(=O)O. The second kappa shape index (κ2) is 5.02. The van der Waals surface area contributed by atoms with Crippen molar-refractivity contribution in [3.63, 3.8) is 0 Å². The van der Waals surface area contributed by atoms with Gasteiger partial charge in [0, 0.05) is 0 Å². The maximum absolute atomic E-state index is 10.8. The average Bonchev–Trinajstić information content (AvgIpc) is 1.81. The van der Waals surface area contributed by atoms with Gasteiger partial charge in [0.1, 0.15) is 0 Å². The van der Waals surface area contributed by atoms with Crippen molar-refractivity contribution >= 4 is 23.5 Å². The van der Waals surface area contributed by atoms with Gasteiger partial charge in [0.05, 0.1) is 0 Å². The molecule has 0 fully saturated rings. The summed E-state index contributed by atoms with van der Waals surface area (Å²) in [5.41, 5.74) is 0. The molecule has 13 heavy (non-hydrogen) atoms. The molecular formula is C5H12O6SSe. The number of hydrogen-bond donors (Lipinski definition) is 1. The molecule has 0 aliphatic rings. The molecular weight excluding hydrogens is 267 g/mol. The van der Waals surface area contributed by atoms with E-state index in [0.29, 0.717) is 12.8 Å². The molecule has 0 aromatic rings. The molecule has 0 aromatic carbocycles. The molecule has 0 saturated carbocycles. The van der Waals surface area contributed by atoms with E-state index in [-0.39, 0.29) is 5.75 Å². The van der Waals surface area contributed by atoms with Crippen LogP contribution in [0, 0.1) is 0 Å². The zero-order chi connectivity index (χ0) is 10.5. The van der Waals surface area contributed by atoms with Crippen LogP contribution in [0.5, 0.6) is 0 Å². The molecule has 0 atom stereocenters. The fourth-order valence-corrected chi connectivity index (χ4v) is 3.66. The molecule has 8 heteroatoms. The van der Waals surface area contributed by atoms with Crippen molar-refractivity contribution in [2.45, 2.75) is 26.2 Å². The van der Waals surface area contributed by atoms with Crippen LogP contribution in [-0.2, 0) is 21.1 Å². The Kier molecular flexibility index (Phi) is 5.01. The fourth-order valence-electron chi connectivity index (χ4n) is 0.694. The molecule has 1 N–H and O–H groups in total. The molecule has 0 bridgehead atoms. The molecule has 0 aliphatic carbocycles. The van der Waals surface area contributed by atoms with E-state index < -0.39 is 23.5 Å². The molecule has 0 unspecified atom stereocenters. The van der Waals surface area contributed by atoms with Crippen LogP contribution in [-0.4, -0.2) is 31.7 Å². The summed E-state index contributed by atoms with van der Waals surface area (Å²) >= 11 is -5.61. The van der Waals surface area contributed by atoms with Gasteiger partial charge in [-0.1, -0.05) is 0 Å². The average molecular weight is 279 g/mol. The third-order valence-electron chi connectivity index (χ3n) is 1.19. The van der Waals surface area contributed by atoms with E-state index in [1.54, 1.807) is 0 Å². The van der Waals surface area contributed by atoms with Crippen molar-refractivity contribution in [2.24, 2.45) is 0 Å². The van der Waals surface area contributed by atoms with Gasteiger partial charge in [-0.2, -0.15) is 0 Å². The molecule has 0 heterocycles. The van der Waals surface area contributed by atoms with Gasteiger partial charge in [-0.3, -0.25) is 0 Å². The Bertz CT molecular complexity index is 328. The van der Waals surface area contributed by atoms with Crippen LogP contribution in [0.4, 0.5) is 0 Å². The Morgan fingerprint density at radius 1 is 1.31 bits per heavy atom. The van der Waals surface area contributed by atoms with Crippen LogP contribution in [0.2, 0.25) is 0 Å². The topological polar surface area (TPSA) is 97.7 Å². The predicted octanol–water partition coefficient (Wildman–Crippen LogP) is -0.188. The standard InChI is InChI=1S/C5H12O6SSe/c1-2-3-4-5-12(6,7)11-13(8,9)10/h2-5H2,1H3,(H,8,9,10). The van der Waals surface area contributed by atoms with Gasteiger partial charge in [-0.25, -0.2) is 0 Å². The quantitative estimate of drug-likeness (QED) is 0.534. The van der Waals surface area contributed by atoms with Crippen molar-refractivity contribution in [1.82, 2.24) is 0 Å². The van der Waals surface area contributed by atoms with Gasteiger partial charge >= 0.3 is 79.0 Å². The summed E-state index contributed by atoms with van der Waals surface area (Å²) in [5.74, 6) is -0.384. The molecule has 0 radical (unpaired) electrons. The third kappa shape index (κ3) is 8.32. The van der Waals surface area contributed by atoms with Gasteiger partial charge in [-0.05, 0) is 0 Å². The van der Waals surface area contributed by atoms with E-state index in [0.717, 1.165) is 6.42 Å². The summed E-state index contributed by atoms with van der Waals surface area (Å²) in [5, 5.41) is 0. The minimum absolute atomic E-state index is 0.326. The summed E-state index contributed by atoms with van der Waals surface area (Å²) < 4.78 is 53.5. The minimum atomic E-state index is -5.61. The zero-order valence-corrected chi connectivity index (χ0v) is 9.66. The molecule has 80 valence electrons. The van der Waals surface area contributed by atoms with Gasteiger partial charge in [0.2, 0.25) is 0 Å². The normalized spacial score (nSPS) is 13.1. The molecule has 0 aromatic heterocycles. The first-order valence-corrected chi connectivity index (χ1v) is 8.12. The predicted molar refractivity (Wildman–Crippen MR) is 43.7 cm³/mol. The molecule has 0 rings (SSSR count). The first kappa shape index (κ1) is 13.0. The molecule has 0 spiro atoms. The van der Waals surface area contributed by atoms with E-state index >= 15 is 0 Å². The first-order valence-electron chi connectivity index (χ1n) is 3.68. The van der Waals surface area contributed by atoms with Gasteiger partial charge < -0.3 is 0 Å². The van der Waals surface area contributed by atoms with Gasteiger partial charge in [0.25, 0.3) is 0 Å². The summed E-state index contributed by atoms with van der Waals surface area (Å²) in [6.45, 7) is 1.88. The molecule has 6 nitrogen and oxygen atoms in total. The second-order valence-electron chi connectivity index (χ2n) is 2.46. The van der Waals surface area contributed by atoms with Crippen LogP contribution >= 0.6 is 0 Å². The van der Waals surface area contributed by atoms with Crippen LogP contribution in [0.25, 0.3) is 0 Å². The maximum atomic E-state index is 10.8. The summed E-state index contributed by atoms with van der Waals surface area (Å²) in [4.78, 5) is 0. The second-order valence-corrected chi connectivity index (χ2v) is 6.78. The van der Waals surface area contributed by atoms with Crippen LogP contribution in [0.15, 0.2) is 0 Å². The number of rotatable bonds is 6. The number of hydrogen-bond acceptors (Lipinski definition) is 5. The Morgan fingerprint density at radius 3 is 2.23 bits per heavy atom. The van der Waals surface area contributed by atoms with Crippen LogP contribution in [0.1, 0.15) is 26.2 Å². The van der Waals surface area contributed by atoms with Gasteiger partial charge in [0.15, 0.2) is 0 Å². The van der Waals surface area contributed by atoms with Gasteiger partial charge in [-0.15, -0.1) is 0 Å². The Labute approximate surface area is 79.3 Å². The Morgan fingerprint density at radius 2 is 1.85 bits per heavy atom. The Hall–Kier alpha value is -0.0105. The van der Waals surface area contributed by atoms with Crippen molar-refractivity contribution < 1.29 is 23.5 Å². The molecule has 0 amide bonds. The molecule has 0 aliphatic heterocycles. The van der Waals surface area contributed by atoms with E-state index in [4.69, 9.17) is 4.19 Å². The summed E-state index contributed by atoms with van der Waals surface area (Å²) in [6, 6.07) is 0. The van der Waals surface area contributed by atoms with Crippen LogP contribution < -0.4 is 0 Å². The van der Waals surface area contributed by atoms with Crippen molar-refractivity contribution in [1.29, 1.82) is 0 Å². The van der Waals surface area contributed by atoms with E-state index in [1.165, 1.54) is 0 Å². The Balaban J connectivity index is 4.12. The van der Waals surface area contributed by atoms with E-state index in [9.17, 15) is 16.1 Å². The fraction of sp³-hybridized carbons (Fsp3) is 1.00. The third-order valence-corrected chi connectivity index (χ3v) is 4.74. The molecule has 0 saturated heterocycles. The monoisotopic (exact) mass is 280 g/mol. The van der Waals surface area contributed by atoms with E-state index in [2.05, 4.69) is 3.27 Å². The summed E-state index contributed by atoms with van der Waals surface area (Å²) in [6.07, 6.45) is 1.81. The van der Waals surface area contributed by atoms with E-state index in [1.807, 2.05) is 6.92 Å². The van der Waals surface area contributed by atoms with Crippen molar-refractivity contribution in [2.75, 3.05) is 5.75 Å². The summed E-state index contributed by atoms with van der Waals surface area (Å²) in [7, 11) is -4.12. The first-order chi connectivity index (χ1) is 5.77. The van der Waals surface area contributed by atoms with Crippen molar-refractivity contribution in [3.05, 3.63) is 0 Å². The van der Waals surface area contributed by atoms with Crippen molar-refractivity contribution in [3.8, 4) is 0 Å². The number of unbranched alkanes of at least 4 members (excludes halogenated alkanes) is 2. The van der Waals surface area contributed by atoms with Crippen LogP contribution in [0.3, 0.4) is 0 Å². The zero-order valence-electron chi connectivity index (χ0n) is 7.13.